The van der Waals surface area contributed by atoms with Crippen LogP contribution >= 0.6 is 0 Å². The maximum atomic E-state index is 13.9. The van der Waals surface area contributed by atoms with Gasteiger partial charge in [-0.2, -0.15) is 0 Å². The van der Waals surface area contributed by atoms with Gasteiger partial charge in [-0.3, -0.25) is 4.79 Å². The third-order valence-corrected chi connectivity index (χ3v) is 3.76. The highest BCUT2D eigenvalue weighted by molar-refractivity contribution is 5.94. The van der Waals surface area contributed by atoms with Crippen molar-refractivity contribution >= 4 is 5.91 Å². The third kappa shape index (κ3) is 3.32. The summed E-state index contributed by atoms with van der Waals surface area (Å²) in [6.45, 7) is 0.789. The highest BCUT2D eigenvalue weighted by Crippen LogP contribution is 2.26. The summed E-state index contributed by atoms with van der Waals surface area (Å²) < 4.78 is 32.4. The smallest absolute Gasteiger partial charge is 0.254 e. The number of hydrogen-bond acceptors (Lipinski definition) is 3. The highest BCUT2D eigenvalue weighted by atomic mass is 19.1. The molecule has 2 aromatic carbocycles. The summed E-state index contributed by atoms with van der Waals surface area (Å²) in [5.41, 5.74) is 0.574. The van der Waals surface area contributed by atoms with Crippen LogP contribution in [0, 0.1) is 11.6 Å². The van der Waals surface area contributed by atoms with Crippen molar-refractivity contribution in [2.24, 2.45) is 0 Å². The fourth-order valence-electron chi connectivity index (χ4n) is 2.61. The monoisotopic (exact) mass is 319 g/mol. The van der Waals surface area contributed by atoms with Gasteiger partial charge in [-0.1, -0.05) is 12.1 Å². The third-order valence-electron chi connectivity index (χ3n) is 3.76. The number of ether oxygens (including phenoxy) is 1. The lowest BCUT2D eigenvalue weighted by atomic mass is 10.1. The molecule has 1 atom stereocenters. The number of phenols is 1. The van der Waals surface area contributed by atoms with Crippen LogP contribution in [0.2, 0.25) is 0 Å². The molecule has 0 aliphatic carbocycles. The van der Waals surface area contributed by atoms with Gasteiger partial charge in [0.05, 0.1) is 13.2 Å². The van der Waals surface area contributed by atoms with E-state index in [1.165, 1.54) is 23.1 Å². The standard InChI is InChI=1S/C17H15F2NO3/c18-12-4-5-14(15(19)9-12)16-10-20(6-7-23-16)17(22)11-2-1-3-13(21)8-11/h1-5,8-9,16,21H,6-7,10H2/t16-/m0/s1. The number of benzene rings is 2. The Morgan fingerprint density at radius 1 is 1.22 bits per heavy atom. The van der Waals surface area contributed by atoms with Crippen LogP contribution in [0.15, 0.2) is 42.5 Å². The van der Waals surface area contributed by atoms with Crippen LogP contribution in [-0.4, -0.2) is 35.6 Å². The molecule has 0 saturated carbocycles. The van der Waals surface area contributed by atoms with Crippen LogP contribution in [0.25, 0.3) is 0 Å². The average Bonchev–Trinajstić information content (AvgIpc) is 2.54. The number of rotatable bonds is 2. The van der Waals surface area contributed by atoms with E-state index in [0.717, 1.165) is 12.1 Å². The number of aromatic hydroxyl groups is 1. The van der Waals surface area contributed by atoms with Gasteiger partial charge in [-0.15, -0.1) is 0 Å². The Morgan fingerprint density at radius 2 is 2.04 bits per heavy atom. The number of hydrogen-bond donors (Lipinski definition) is 1. The summed E-state index contributed by atoms with van der Waals surface area (Å²) >= 11 is 0. The number of halogens is 2. The Kier molecular flexibility index (Phi) is 4.25. The first-order chi connectivity index (χ1) is 11.0. The van der Waals surface area contributed by atoms with E-state index in [2.05, 4.69) is 0 Å². The van der Waals surface area contributed by atoms with Gasteiger partial charge in [0.2, 0.25) is 0 Å². The Hall–Kier alpha value is -2.47. The van der Waals surface area contributed by atoms with Crippen molar-refractivity contribution in [2.75, 3.05) is 19.7 Å². The van der Waals surface area contributed by atoms with E-state index in [0.29, 0.717) is 12.1 Å². The van der Waals surface area contributed by atoms with Gasteiger partial charge in [-0.05, 0) is 24.3 Å². The van der Waals surface area contributed by atoms with Gasteiger partial charge in [0.15, 0.2) is 0 Å². The molecule has 0 aromatic heterocycles. The van der Waals surface area contributed by atoms with Crippen molar-refractivity contribution in [3.8, 4) is 5.75 Å². The van der Waals surface area contributed by atoms with Crippen molar-refractivity contribution in [3.05, 3.63) is 65.2 Å². The Balaban J connectivity index is 1.79. The molecule has 0 spiro atoms. The van der Waals surface area contributed by atoms with E-state index in [1.54, 1.807) is 12.1 Å². The van der Waals surface area contributed by atoms with Crippen molar-refractivity contribution in [3.63, 3.8) is 0 Å². The molecule has 0 bridgehead atoms. The maximum Gasteiger partial charge on any atom is 0.254 e. The second-order valence-electron chi connectivity index (χ2n) is 5.33. The van der Waals surface area contributed by atoms with E-state index >= 15 is 0 Å². The lowest BCUT2D eigenvalue weighted by Crippen LogP contribution is -2.42. The summed E-state index contributed by atoms with van der Waals surface area (Å²) in [6, 6.07) is 9.34. The quantitative estimate of drug-likeness (QED) is 0.926. The SMILES string of the molecule is O=C(c1cccc(O)c1)N1CCO[C@H](c2ccc(F)cc2F)C1. The molecule has 6 heteroatoms. The largest absolute Gasteiger partial charge is 0.508 e. The predicted octanol–water partition coefficient (Wildman–Crippen LogP) is 2.88. The van der Waals surface area contributed by atoms with Gasteiger partial charge in [0.1, 0.15) is 23.5 Å². The zero-order chi connectivity index (χ0) is 16.4. The molecular formula is C17H15F2NO3. The second kappa shape index (κ2) is 6.34. The second-order valence-corrected chi connectivity index (χ2v) is 5.33. The lowest BCUT2D eigenvalue weighted by molar-refractivity contribution is -0.0243. The molecule has 1 aliphatic rings. The number of morpholine rings is 1. The van der Waals surface area contributed by atoms with E-state index in [-0.39, 0.29) is 30.4 Å². The van der Waals surface area contributed by atoms with Crippen molar-refractivity contribution in [2.45, 2.75) is 6.10 Å². The molecule has 1 N–H and O–H groups in total. The number of phenolic OH excluding ortho intramolecular Hbond substituents is 1. The van der Waals surface area contributed by atoms with Crippen LogP contribution < -0.4 is 0 Å². The molecule has 1 saturated heterocycles. The maximum absolute atomic E-state index is 13.9. The topological polar surface area (TPSA) is 49.8 Å². The molecular weight excluding hydrogens is 304 g/mol. The highest BCUT2D eigenvalue weighted by Gasteiger charge is 2.28. The average molecular weight is 319 g/mol. The van der Waals surface area contributed by atoms with Crippen molar-refractivity contribution in [1.82, 2.24) is 4.90 Å². The van der Waals surface area contributed by atoms with Crippen LogP contribution in [0.3, 0.4) is 0 Å². The van der Waals surface area contributed by atoms with E-state index < -0.39 is 17.7 Å². The molecule has 2 aromatic rings. The van der Waals surface area contributed by atoms with Gasteiger partial charge in [-0.25, -0.2) is 8.78 Å². The van der Waals surface area contributed by atoms with Gasteiger partial charge in [0, 0.05) is 23.7 Å². The van der Waals surface area contributed by atoms with Crippen LogP contribution in [-0.2, 0) is 4.74 Å². The van der Waals surface area contributed by atoms with Crippen LogP contribution in [0.4, 0.5) is 8.78 Å². The van der Waals surface area contributed by atoms with E-state index in [1.807, 2.05) is 0 Å². The first kappa shape index (κ1) is 15.4. The summed E-state index contributed by atoms with van der Waals surface area (Å²) in [5, 5.41) is 9.47. The molecule has 0 radical (unpaired) electrons. The molecule has 1 amide bonds. The van der Waals surface area contributed by atoms with Crippen LogP contribution in [0.1, 0.15) is 22.0 Å². The fourth-order valence-corrected chi connectivity index (χ4v) is 2.61. The molecule has 1 heterocycles. The minimum Gasteiger partial charge on any atom is -0.508 e. The minimum absolute atomic E-state index is 0.00485. The summed E-state index contributed by atoms with van der Waals surface area (Å²) in [4.78, 5) is 14.0. The number of amides is 1. The summed E-state index contributed by atoms with van der Waals surface area (Å²) in [7, 11) is 0. The Morgan fingerprint density at radius 3 is 2.78 bits per heavy atom. The van der Waals surface area contributed by atoms with Crippen molar-refractivity contribution in [1.29, 1.82) is 0 Å². The zero-order valence-electron chi connectivity index (χ0n) is 12.2. The van der Waals surface area contributed by atoms with Crippen LogP contribution in [0.5, 0.6) is 5.75 Å². The summed E-state index contributed by atoms with van der Waals surface area (Å²) in [6.07, 6.45) is -0.648. The van der Waals surface area contributed by atoms with Gasteiger partial charge < -0.3 is 14.7 Å². The Labute approximate surface area is 131 Å². The first-order valence-electron chi connectivity index (χ1n) is 7.19. The number of nitrogens with zero attached hydrogens (tertiary/aromatic N) is 1. The molecule has 0 unspecified atom stereocenters. The fraction of sp³-hybridized carbons (Fsp3) is 0.235. The van der Waals surface area contributed by atoms with Crippen molar-refractivity contribution < 1.29 is 23.4 Å². The molecule has 1 aliphatic heterocycles. The van der Waals surface area contributed by atoms with Gasteiger partial charge >= 0.3 is 0 Å². The number of carbonyl (C=O) groups is 1. The lowest BCUT2D eigenvalue weighted by Gasteiger charge is -2.33. The molecule has 1 fully saturated rings. The molecule has 3 rings (SSSR count). The van der Waals surface area contributed by atoms with E-state index in [4.69, 9.17) is 4.74 Å². The molecule has 23 heavy (non-hydrogen) atoms. The minimum atomic E-state index is -0.693. The van der Waals surface area contributed by atoms with E-state index in [9.17, 15) is 18.7 Å². The van der Waals surface area contributed by atoms with Gasteiger partial charge in [0.25, 0.3) is 5.91 Å². The molecule has 4 nitrogen and oxygen atoms in total. The zero-order valence-corrected chi connectivity index (χ0v) is 12.2. The normalized spacial score (nSPS) is 18.0. The predicted molar refractivity (Wildman–Crippen MR) is 79.1 cm³/mol. The molecule has 120 valence electrons. The first-order valence-corrected chi connectivity index (χ1v) is 7.19. The number of carbonyl (C=O) groups excluding carboxylic acids is 1. The summed E-state index contributed by atoms with van der Waals surface area (Å²) in [5.74, 6) is -1.61. The Bertz CT molecular complexity index is 736.